The number of alkyl halides is 3. The second-order valence-electron chi connectivity index (χ2n) is 6.48. The van der Waals surface area contributed by atoms with Crippen LogP contribution >= 0.6 is 0 Å². The Morgan fingerprint density at radius 3 is 2.57 bits per heavy atom. The molecule has 11 heteroatoms. The van der Waals surface area contributed by atoms with Crippen molar-refractivity contribution in [1.29, 1.82) is 0 Å². The molecular weight excluding hydrogens is 375 g/mol. The Kier molecular flexibility index (Phi) is 5.81. The van der Waals surface area contributed by atoms with Gasteiger partial charge in [0, 0.05) is 37.2 Å². The predicted octanol–water partition coefficient (Wildman–Crippen LogP) is 2.89. The molecule has 2 atom stereocenters. The van der Waals surface area contributed by atoms with Gasteiger partial charge in [0.05, 0.1) is 5.56 Å². The average Bonchev–Trinajstić information content (AvgIpc) is 2.68. The zero-order valence-corrected chi connectivity index (χ0v) is 15.1. The molecule has 1 fully saturated rings. The first-order valence-corrected chi connectivity index (χ1v) is 8.72. The van der Waals surface area contributed by atoms with Crippen LogP contribution in [0.3, 0.4) is 0 Å². The largest absolute Gasteiger partial charge is 0.419 e. The third-order valence-corrected chi connectivity index (χ3v) is 4.42. The fourth-order valence-corrected chi connectivity index (χ4v) is 2.87. The monoisotopic (exact) mass is 395 g/mol. The summed E-state index contributed by atoms with van der Waals surface area (Å²) in [5.74, 6) is 0.605. The zero-order valence-electron chi connectivity index (χ0n) is 15.1. The molecule has 28 heavy (non-hydrogen) atoms. The standard InChI is InChI=1S/C17H20F3N7O/c1-11-5-6-13(24-15-22-8-12(9-23-15)17(18,19)20)10-27(11)16(28)26-25-14-4-2-3-7-21-14/h2-4,7-9,11,13H,5-6,10H2,1H3,(H,21,25)(H,26,28)(H,22,23,24). The predicted molar refractivity (Wildman–Crippen MR) is 96.2 cm³/mol. The van der Waals surface area contributed by atoms with E-state index >= 15 is 0 Å². The number of pyridine rings is 1. The number of amides is 2. The number of anilines is 2. The Balaban J connectivity index is 1.57. The number of nitrogens with zero attached hydrogens (tertiary/aromatic N) is 4. The summed E-state index contributed by atoms with van der Waals surface area (Å²) in [6.07, 6.45) is 0.0682. The number of hydrogen-bond donors (Lipinski definition) is 3. The number of hydrazine groups is 1. The summed E-state index contributed by atoms with van der Waals surface area (Å²) in [5, 5.41) is 2.99. The molecule has 8 nitrogen and oxygen atoms in total. The molecule has 0 aromatic carbocycles. The van der Waals surface area contributed by atoms with Crippen molar-refractivity contribution in [3.63, 3.8) is 0 Å². The van der Waals surface area contributed by atoms with Crippen LogP contribution in [-0.4, -0.2) is 44.5 Å². The Labute approximate surface area is 159 Å². The maximum absolute atomic E-state index is 12.6. The van der Waals surface area contributed by atoms with Crippen LogP contribution < -0.4 is 16.2 Å². The lowest BCUT2D eigenvalue weighted by molar-refractivity contribution is -0.138. The van der Waals surface area contributed by atoms with E-state index < -0.39 is 11.7 Å². The number of likely N-dealkylation sites (tertiary alicyclic amines) is 1. The van der Waals surface area contributed by atoms with Crippen molar-refractivity contribution >= 4 is 17.8 Å². The molecule has 3 heterocycles. The second kappa shape index (κ2) is 8.28. The van der Waals surface area contributed by atoms with Crippen LogP contribution in [-0.2, 0) is 6.18 Å². The van der Waals surface area contributed by atoms with E-state index in [0.29, 0.717) is 12.4 Å². The fraction of sp³-hybridized carbons (Fsp3) is 0.412. The van der Waals surface area contributed by atoms with Crippen LogP contribution in [0.15, 0.2) is 36.8 Å². The van der Waals surface area contributed by atoms with Crippen LogP contribution in [0.4, 0.5) is 29.7 Å². The first-order chi connectivity index (χ1) is 13.3. The van der Waals surface area contributed by atoms with E-state index in [2.05, 4.69) is 31.1 Å². The highest BCUT2D eigenvalue weighted by Gasteiger charge is 2.32. The molecule has 1 saturated heterocycles. The first kappa shape index (κ1) is 19.6. The van der Waals surface area contributed by atoms with E-state index in [1.165, 1.54) is 0 Å². The van der Waals surface area contributed by atoms with Gasteiger partial charge in [0.25, 0.3) is 0 Å². The molecule has 0 bridgehead atoms. The topological polar surface area (TPSA) is 95.1 Å². The van der Waals surface area contributed by atoms with Crippen molar-refractivity contribution < 1.29 is 18.0 Å². The third kappa shape index (κ3) is 4.99. The van der Waals surface area contributed by atoms with Gasteiger partial charge < -0.3 is 10.2 Å². The smallest absolute Gasteiger partial charge is 0.350 e. The third-order valence-electron chi connectivity index (χ3n) is 4.42. The SMILES string of the molecule is CC1CCC(Nc2ncc(C(F)(F)F)cn2)CN1C(=O)NNc1ccccn1. The number of aromatic nitrogens is 3. The molecule has 3 N–H and O–H groups in total. The summed E-state index contributed by atoms with van der Waals surface area (Å²) in [6, 6.07) is 4.78. The summed E-state index contributed by atoms with van der Waals surface area (Å²) in [4.78, 5) is 25.6. The highest BCUT2D eigenvalue weighted by atomic mass is 19.4. The summed E-state index contributed by atoms with van der Waals surface area (Å²) in [7, 11) is 0. The van der Waals surface area contributed by atoms with Gasteiger partial charge in [-0.05, 0) is 31.9 Å². The number of rotatable bonds is 4. The van der Waals surface area contributed by atoms with Gasteiger partial charge in [-0.15, -0.1) is 0 Å². The maximum Gasteiger partial charge on any atom is 0.419 e. The Morgan fingerprint density at radius 1 is 1.18 bits per heavy atom. The summed E-state index contributed by atoms with van der Waals surface area (Å²) in [5.41, 5.74) is 4.44. The van der Waals surface area contributed by atoms with Gasteiger partial charge in [0.1, 0.15) is 5.82 Å². The van der Waals surface area contributed by atoms with Crippen LogP contribution in [0.2, 0.25) is 0 Å². The Morgan fingerprint density at radius 2 is 1.93 bits per heavy atom. The minimum atomic E-state index is -4.48. The highest BCUT2D eigenvalue weighted by Crippen LogP contribution is 2.28. The zero-order chi connectivity index (χ0) is 20.1. The molecule has 150 valence electrons. The maximum atomic E-state index is 12.6. The molecule has 1 aliphatic heterocycles. The van der Waals surface area contributed by atoms with E-state index in [1.807, 2.05) is 6.92 Å². The van der Waals surface area contributed by atoms with Gasteiger partial charge in [-0.3, -0.25) is 10.9 Å². The number of piperidine rings is 1. The van der Waals surface area contributed by atoms with Crippen LogP contribution in [0.1, 0.15) is 25.3 Å². The Hall–Kier alpha value is -3.11. The average molecular weight is 395 g/mol. The normalized spacial score (nSPS) is 19.8. The number of nitrogens with one attached hydrogen (secondary N) is 3. The first-order valence-electron chi connectivity index (χ1n) is 8.72. The van der Waals surface area contributed by atoms with Gasteiger partial charge >= 0.3 is 12.2 Å². The summed E-state index contributed by atoms with van der Waals surface area (Å²) < 4.78 is 37.8. The minimum Gasteiger partial charge on any atom is -0.350 e. The molecular formula is C17H20F3N7O. The number of carbonyl (C=O) groups is 1. The quantitative estimate of drug-likeness (QED) is 0.689. The lowest BCUT2D eigenvalue weighted by Gasteiger charge is -2.38. The number of hydrogen-bond acceptors (Lipinski definition) is 6. The van der Waals surface area contributed by atoms with Crippen molar-refractivity contribution in [2.24, 2.45) is 0 Å². The highest BCUT2D eigenvalue weighted by molar-refractivity contribution is 5.76. The van der Waals surface area contributed by atoms with Gasteiger partial charge in [-0.1, -0.05) is 6.07 Å². The van der Waals surface area contributed by atoms with Gasteiger partial charge in [0.2, 0.25) is 5.95 Å². The van der Waals surface area contributed by atoms with Crippen molar-refractivity contribution in [3.8, 4) is 0 Å². The molecule has 0 aliphatic carbocycles. The molecule has 2 aromatic rings. The molecule has 2 amide bonds. The van der Waals surface area contributed by atoms with E-state index in [-0.39, 0.29) is 24.1 Å². The van der Waals surface area contributed by atoms with Crippen LogP contribution in [0, 0.1) is 0 Å². The van der Waals surface area contributed by atoms with Crippen molar-refractivity contribution in [2.75, 3.05) is 17.3 Å². The van der Waals surface area contributed by atoms with E-state index in [0.717, 1.165) is 25.2 Å². The van der Waals surface area contributed by atoms with E-state index in [9.17, 15) is 18.0 Å². The summed E-state index contributed by atoms with van der Waals surface area (Å²) >= 11 is 0. The van der Waals surface area contributed by atoms with Gasteiger partial charge in [-0.25, -0.2) is 19.7 Å². The second-order valence-corrected chi connectivity index (χ2v) is 6.48. The van der Waals surface area contributed by atoms with Crippen molar-refractivity contribution in [3.05, 3.63) is 42.4 Å². The number of urea groups is 1. The molecule has 2 aromatic heterocycles. The molecule has 3 rings (SSSR count). The van der Waals surface area contributed by atoms with Crippen LogP contribution in [0.5, 0.6) is 0 Å². The minimum absolute atomic E-state index is 0.0112. The van der Waals surface area contributed by atoms with Gasteiger partial charge in [-0.2, -0.15) is 13.2 Å². The molecule has 2 unspecified atom stereocenters. The van der Waals surface area contributed by atoms with E-state index in [1.54, 1.807) is 29.3 Å². The molecule has 0 spiro atoms. The summed E-state index contributed by atoms with van der Waals surface area (Å²) in [6.45, 7) is 2.30. The molecule has 0 saturated carbocycles. The number of carbonyl (C=O) groups excluding carboxylic acids is 1. The van der Waals surface area contributed by atoms with E-state index in [4.69, 9.17) is 0 Å². The van der Waals surface area contributed by atoms with Gasteiger partial charge in [0.15, 0.2) is 0 Å². The van der Waals surface area contributed by atoms with Crippen molar-refractivity contribution in [1.82, 2.24) is 25.3 Å². The lowest BCUT2D eigenvalue weighted by Crippen LogP contribution is -2.54. The molecule has 1 aliphatic rings. The molecule has 0 radical (unpaired) electrons. The number of halogens is 3. The Bertz CT molecular complexity index is 786. The fourth-order valence-electron chi connectivity index (χ4n) is 2.87. The van der Waals surface area contributed by atoms with Crippen molar-refractivity contribution in [2.45, 2.75) is 38.0 Å². The lowest BCUT2D eigenvalue weighted by atomic mass is 10.00. The van der Waals surface area contributed by atoms with Crippen LogP contribution in [0.25, 0.3) is 0 Å².